The summed E-state index contributed by atoms with van der Waals surface area (Å²) in [5.41, 5.74) is 0.970. The van der Waals surface area contributed by atoms with E-state index in [-0.39, 0.29) is 6.04 Å². The topological polar surface area (TPSA) is 35.8 Å². The van der Waals surface area contributed by atoms with E-state index in [1.165, 1.54) is 19.3 Å². The molecule has 1 saturated carbocycles. The summed E-state index contributed by atoms with van der Waals surface area (Å²) in [7, 11) is 0. The molecule has 1 aliphatic carbocycles. The summed E-state index contributed by atoms with van der Waals surface area (Å²) in [4.78, 5) is 0. The molecule has 1 unspecified atom stereocenters. The molecule has 1 N–H and O–H groups in total. The van der Waals surface area contributed by atoms with Crippen molar-refractivity contribution in [2.24, 2.45) is 5.92 Å². The maximum Gasteiger partial charge on any atom is 0.117 e. The van der Waals surface area contributed by atoms with Crippen molar-refractivity contribution in [1.82, 2.24) is 0 Å². The molecule has 15 heavy (non-hydrogen) atoms. The Morgan fingerprint density at radius 3 is 2.47 bits per heavy atom. The first-order valence-corrected chi connectivity index (χ1v) is 5.59. The van der Waals surface area contributed by atoms with Gasteiger partial charge in [0.05, 0.1) is 6.07 Å². The fourth-order valence-electron chi connectivity index (χ4n) is 1.75. The summed E-state index contributed by atoms with van der Waals surface area (Å²) < 4.78 is 0. The maximum atomic E-state index is 9.04. The van der Waals surface area contributed by atoms with Crippen LogP contribution in [0, 0.1) is 17.2 Å². The summed E-state index contributed by atoms with van der Waals surface area (Å²) in [6, 6.07) is 9.75. The summed E-state index contributed by atoms with van der Waals surface area (Å²) in [6.07, 6.45) is 3.59. The Morgan fingerprint density at radius 2 is 2.00 bits per heavy atom. The first kappa shape index (κ1) is 10.3. The average molecular weight is 221 g/mol. The van der Waals surface area contributed by atoms with Gasteiger partial charge < -0.3 is 5.32 Å². The molecule has 0 aromatic heterocycles. The highest BCUT2D eigenvalue weighted by molar-refractivity contribution is 6.30. The van der Waals surface area contributed by atoms with Crippen LogP contribution in [0.5, 0.6) is 0 Å². The lowest BCUT2D eigenvalue weighted by atomic mass is 9.80. The van der Waals surface area contributed by atoms with Crippen molar-refractivity contribution < 1.29 is 0 Å². The van der Waals surface area contributed by atoms with Crippen LogP contribution in [0.3, 0.4) is 0 Å². The molecule has 2 nitrogen and oxygen atoms in total. The van der Waals surface area contributed by atoms with Crippen LogP contribution >= 0.6 is 11.6 Å². The maximum absolute atomic E-state index is 9.04. The van der Waals surface area contributed by atoms with Gasteiger partial charge in [-0.15, -0.1) is 0 Å². The second-order valence-corrected chi connectivity index (χ2v) is 4.39. The van der Waals surface area contributed by atoms with E-state index in [2.05, 4.69) is 11.4 Å². The third-order valence-corrected chi connectivity index (χ3v) is 3.18. The lowest BCUT2D eigenvalue weighted by Crippen LogP contribution is -2.32. The number of rotatable bonds is 3. The van der Waals surface area contributed by atoms with E-state index in [9.17, 15) is 0 Å². The molecule has 2 rings (SSSR count). The lowest BCUT2D eigenvalue weighted by molar-refractivity contribution is 0.303. The molecule has 0 saturated heterocycles. The molecule has 0 bridgehead atoms. The number of hydrogen-bond acceptors (Lipinski definition) is 2. The van der Waals surface area contributed by atoms with Gasteiger partial charge in [-0.2, -0.15) is 5.26 Å². The van der Waals surface area contributed by atoms with Crippen LogP contribution in [0.15, 0.2) is 24.3 Å². The quantitative estimate of drug-likeness (QED) is 0.847. The molecule has 0 heterocycles. The van der Waals surface area contributed by atoms with Crippen LogP contribution in [0.25, 0.3) is 0 Å². The first-order chi connectivity index (χ1) is 7.29. The Bertz CT molecular complexity index is 362. The molecule has 0 spiro atoms. The van der Waals surface area contributed by atoms with Crippen molar-refractivity contribution in [1.29, 1.82) is 5.26 Å². The lowest BCUT2D eigenvalue weighted by Gasteiger charge is -2.30. The van der Waals surface area contributed by atoms with Gasteiger partial charge in [-0.25, -0.2) is 0 Å². The summed E-state index contributed by atoms with van der Waals surface area (Å²) in [5, 5.41) is 13.0. The smallest absolute Gasteiger partial charge is 0.117 e. The highest BCUT2D eigenvalue weighted by Gasteiger charge is 2.26. The Morgan fingerprint density at radius 1 is 1.33 bits per heavy atom. The Kier molecular flexibility index (Phi) is 3.13. The van der Waals surface area contributed by atoms with Crippen LogP contribution < -0.4 is 5.32 Å². The first-order valence-electron chi connectivity index (χ1n) is 5.21. The Balaban J connectivity index is 2.00. The van der Waals surface area contributed by atoms with E-state index in [1.54, 1.807) is 0 Å². The third-order valence-electron chi connectivity index (χ3n) is 2.93. The van der Waals surface area contributed by atoms with Gasteiger partial charge in [0, 0.05) is 10.7 Å². The number of nitrogens with zero attached hydrogens (tertiary/aromatic N) is 1. The normalized spacial score (nSPS) is 17.6. The zero-order valence-electron chi connectivity index (χ0n) is 8.41. The highest BCUT2D eigenvalue weighted by atomic mass is 35.5. The molecular formula is C12H13ClN2. The Hall–Kier alpha value is -1.20. The number of nitriles is 1. The standard InChI is InChI=1S/C12H13ClN2/c13-10-4-6-11(7-5-10)15-12(8-14)9-2-1-3-9/h4-7,9,12,15H,1-3H2. The van der Waals surface area contributed by atoms with E-state index in [0.29, 0.717) is 5.92 Å². The van der Waals surface area contributed by atoms with Crippen LogP contribution in [0.1, 0.15) is 19.3 Å². The van der Waals surface area contributed by atoms with Crippen molar-refractivity contribution in [2.45, 2.75) is 25.3 Å². The molecule has 1 aromatic carbocycles. The predicted molar refractivity (Wildman–Crippen MR) is 61.8 cm³/mol. The van der Waals surface area contributed by atoms with E-state index in [1.807, 2.05) is 24.3 Å². The van der Waals surface area contributed by atoms with Gasteiger partial charge in [-0.3, -0.25) is 0 Å². The minimum atomic E-state index is -0.0556. The second kappa shape index (κ2) is 4.55. The number of hydrogen-bond donors (Lipinski definition) is 1. The Labute approximate surface area is 94.9 Å². The number of anilines is 1. The van der Waals surface area contributed by atoms with Gasteiger partial charge in [-0.1, -0.05) is 18.0 Å². The number of benzene rings is 1. The van der Waals surface area contributed by atoms with Crippen molar-refractivity contribution >= 4 is 17.3 Å². The minimum absolute atomic E-state index is 0.0556. The molecule has 3 heteroatoms. The third kappa shape index (κ3) is 2.43. The van der Waals surface area contributed by atoms with Crippen molar-refractivity contribution in [3.63, 3.8) is 0 Å². The van der Waals surface area contributed by atoms with Crippen LogP contribution in [-0.2, 0) is 0 Å². The number of nitrogens with one attached hydrogen (secondary N) is 1. The van der Waals surface area contributed by atoms with Crippen molar-refractivity contribution in [2.75, 3.05) is 5.32 Å². The zero-order chi connectivity index (χ0) is 10.7. The average Bonchev–Trinajstić information content (AvgIpc) is 2.17. The summed E-state index contributed by atoms with van der Waals surface area (Å²) in [5.74, 6) is 0.519. The van der Waals surface area contributed by atoms with Crippen molar-refractivity contribution in [3.05, 3.63) is 29.3 Å². The van der Waals surface area contributed by atoms with E-state index >= 15 is 0 Å². The van der Waals surface area contributed by atoms with Gasteiger partial charge in [0.25, 0.3) is 0 Å². The van der Waals surface area contributed by atoms with Gasteiger partial charge in [0.2, 0.25) is 0 Å². The monoisotopic (exact) mass is 220 g/mol. The molecule has 78 valence electrons. The van der Waals surface area contributed by atoms with Gasteiger partial charge in [0.15, 0.2) is 0 Å². The van der Waals surface area contributed by atoms with E-state index in [0.717, 1.165) is 10.7 Å². The van der Waals surface area contributed by atoms with Gasteiger partial charge in [0.1, 0.15) is 6.04 Å². The van der Waals surface area contributed by atoms with Crippen molar-refractivity contribution in [3.8, 4) is 6.07 Å². The van der Waals surface area contributed by atoms with Crippen LogP contribution in [0.4, 0.5) is 5.69 Å². The van der Waals surface area contributed by atoms with Crippen LogP contribution in [0.2, 0.25) is 5.02 Å². The van der Waals surface area contributed by atoms with E-state index in [4.69, 9.17) is 16.9 Å². The molecule has 1 atom stereocenters. The van der Waals surface area contributed by atoms with E-state index < -0.39 is 0 Å². The molecule has 0 amide bonds. The largest absolute Gasteiger partial charge is 0.370 e. The minimum Gasteiger partial charge on any atom is -0.370 e. The molecule has 1 fully saturated rings. The summed E-state index contributed by atoms with van der Waals surface area (Å²) in [6.45, 7) is 0. The predicted octanol–water partition coefficient (Wildman–Crippen LogP) is 3.44. The fourth-order valence-corrected chi connectivity index (χ4v) is 1.88. The molecule has 0 aliphatic heterocycles. The fraction of sp³-hybridized carbons (Fsp3) is 0.417. The van der Waals surface area contributed by atoms with Gasteiger partial charge >= 0.3 is 0 Å². The number of halogens is 1. The zero-order valence-corrected chi connectivity index (χ0v) is 9.17. The van der Waals surface area contributed by atoms with Gasteiger partial charge in [-0.05, 0) is 43.0 Å². The van der Waals surface area contributed by atoms with Crippen LogP contribution in [-0.4, -0.2) is 6.04 Å². The SMILES string of the molecule is N#CC(Nc1ccc(Cl)cc1)C1CCC1. The molecule has 1 aliphatic rings. The molecule has 0 radical (unpaired) electrons. The molecule has 1 aromatic rings. The second-order valence-electron chi connectivity index (χ2n) is 3.95. The summed E-state index contributed by atoms with van der Waals surface area (Å²) >= 11 is 5.79. The highest BCUT2D eigenvalue weighted by Crippen LogP contribution is 2.31. The molecular weight excluding hydrogens is 208 g/mol.